The van der Waals surface area contributed by atoms with Crippen LogP contribution < -0.4 is 5.73 Å². The van der Waals surface area contributed by atoms with Gasteiger partial charge in [-0.15, -0.1) is 0 Å². The monoisotopic (exact) mass is 221 g/mol. The Hall–Kier alpha value is -0.420. The summed E-state index contributed by atoms with van der Waals surface area (Å²) in [6.45, 7) is 3.75. The van der Waals surface area contributed by atoms with Gasteiger partial charge in [-0.1, -0.05) is 13.8 Å². The first-order chi connectivity index (χ1) is 6.24. The van der Waals surface area contributed by atoms with Gasteiger partial charge >= 0.3 is 0 Å². The Morgan fingerprint density at radius 1 is 1.36 bits per heavy atom. The standard InChI is InChI=1S/C9H19NO3S/c1-7(2)9(10)8(11)5-4-6-14(3,12)13/h7,9H,4-6,10H2,1-3H3. The van der Waals surface area contributed by atoms with Crippen molar-refractivity contribution >= 4 is 15.6 Å². The topological polar surface area (TPSA) is 77.2 Å². The van der Waals surface area contributed by atoms with Gasteiger partial charge in [0, 0.05) is 12.7 Å². The van der Waals surface area contributed by atoms with Crippen LogP contribution in [0.25, 0.3) is 0 Å². The van der Waals surface area contributed by atoms with Crippen molar-refractivity contribution in [1.29, 1.82) is 0 Å². The van der Waals surface area contributed by atoms with Crippen molar-refractivity contribution in [3.05, 3.63) is 0 Å². The van der Waals surface area contributed by atoms with E-state index < -0.39 is 15.9 Å². The van der Waals surface area contributed by atoms with E-state index in [0.29, 0.717) is 6.42 Å². The van der Waals surface area contributed by atoms with E-state index >= 15 is 0 Å². The Morgan fingerprint density at radius 2 is 1.86 bits per heavy atom. The van der Waals surface area contributed by atoms with Crippen LogP contribution in [0.3, 0.4) is 0 Å². The van der Waals surface area contributed by atoms with E-state index in [1.165, 1.54) is 6.26 Å². The van der Waals surface area contributed by atoms with Crippen LogP contribution in [-0.4, -0.2) is 32.3 Å². The molecule has 2 N–H and O–H groups in total. The largest absolute Gasteiger partial charge is 0.321 e. The molecule has 5 heteroatoms. The molecule has 84 valence electrons. The number of hydrogen-bond acceptors (Lipinski definition) is 4. The Balaban J connectivity index is 3.87. The molecule has 4 nitrogen and oxygen atoms in total. The van der Waals surface area contributed by atoms with E-state index in [1.54, 1.807) is 0 Å². The Labute approximate surface area is 85.8 Å². The minimum atomic E-state index is -2.96. The van der Waals surface area contributed by atoms with Gasteiger partial charge in [0.05, 0.1) is 11.8 Å². The molecular formula is C9H19NO3S. The van der Waals surface area contributed by atoms with Crippen LogP contribution in [-0.2, 0) is 14.6 Å². The number of sulfone groups is 1. The molecule has 0 aromatic heterocycles. The van der Waals surface area contributed by atoms with Gasteiger partial charge in [-0.2, -0.15) is 0 Å². The zero-order valence-corrected chi connectivity index (χ0v) is 9.80. The molecule has 0 spiro atoms. The first-order valence-electron chi connectivity index (χ1n) is 4.70. The molecule has 0 saturated heterocycles. The quantitative estimate of drug-likeness (QED) is 0.702. The SMILES string of the molecule is CC(C)C(N)C(=O)CCCS(C)(=O)=O. The summed E-state index contributed by atoms with van der Waals surface area (Å²) in [6, 6.07) is -0.463. The minimum absolute atomic E-state index is 0.0522. The van der Waals surface area contributed by atoms with Crippen molar-refractivity contribution in [2.45, 2.75) is 32.7 Å². The van der Waals surface area contributed by atoms with Gasteiger partial charge in [-0.05, 0) is 12.3 Å². The average Bonchev–Trinajstić information content (AvgIpc) is 2.00. The van der Waals surface area contributed by atoms with E-state index in [4.69, 9.17) is 5.73 Å². The Bertz CT molecular complexity index is 282. The zero-order chi connectivity index (χ0) is 11.4. The maximum absolute atomic E-state index is 11.4. The molecule has 0 aliphatic carbocycles. The van der Waals surface area contributed by atoms with Crippen LogP contribution in [0.5, 0.6) is 0 Å². The fourth-order valence-electron chi connectivity index (χ4n) is 1.05. The Kier molecular flexibility index (Phi) is 5.29. The highest BCUT2D eigenvalue weighted by molar-refractivity contribution is 7.90. The van der Waals surface area contributed by atoms with Crippen LogP contribution in [0.1, 0.15) is 26.7 Å². The van der Waals surface area contributed by atoms with Crippen LogP contribution in [0.2, 0.25) is 0 Å². The van der Waals surface area contributed by atoms with Crippen LogP contribution in [0.4, 0.5) is 0 Å². The van der Waals surface area contributed by atoms with E-state index in [2.05, 4.69) is 0 Å². The molecule has 1 atom stereocenters. The van der Waals surface area contributed by atoms with Crippen molar-refractivity contribution in [3.63, 3.8) is 0 Å². The van der Waals surface area contributed by atoms with Crippen LogP contribution in [0.15, 0.2) is 0 Å². The van der Waals surface area contributed by atoms with Crippen molar-refractivity contribution in [2.24, 2.45) is 11.7 Å². The van der Waals surface area contributed by atoms with E-state index in [1.807, 2.05) is 13.8 Å². The highest BCUT2D eigenvalue weighted by atomic mass is 32.2. The van der Waals surface area contributed by atoms with Gasteiger partial charge in [0.25, 0.3) is 0 Å². The minimum Gasteiger partial charge on any atom is -0.321 e. The molecule has 14 heavy (non-hydrogen) atoms. The normalized spacial score (nSPS) is 14.4. The van der Waals surface area contributed by atoms with E-state index in [0.717, 1.165) is 0 Å². The highest BCUT2D eigenvalue weighted by Gasteiger charge is 2.17. The van der Waals surface area contributed by atoms with Gasteiger partial charge in [0.2, 0.25) is 0 Å². The molecule has 0 saturated carbocycles. The van der Waals surface area contributed by atoms with Gasteiger partial charge < -0.3 is 5.73 Å². The molecule has 0 bridgehead atoms. The fourth-order valence-corrected chi connectivity index (χ4v) is 1.72. The summed E-state index contributed by atoms with van der Waals surface area (Å²) in [5.74, 6) is 0.119. The number of Topliss-reactive ketones (excluding diaryl/α,β-unsaturated/α-hetero) is 1. The number of carbonyl (C=O) groups is 1. The second kappa shape index (κ2) is 5.46. The average molecular weight is 221 g/mol. The molecule has 0 aromatic rings. The smallest absolute Gasteiger partial charge is 0.149 e. The molecule has 0 aliphatic rings. The van der Waals surface area contributed by atoms with Crippen LogP contribution in [0, 0.1) is 5.92 Å². The highest BCUT2D eigenvalue weighted by Crippen LogP contribution is 2.04. The molecule has 0 fully saturated rings. The third kappa shape index (κ3) is 6.10. The summed E-state index contributed by atoms with van der Waals surface area (Å²) in [7, 11) is -2.96. The summed E-state index contributed by atoms with van der Waals surface area (Å²) in [5, 5.41) is 0. The summed E-state index contributed by atoms with van der Waals surface area (Å²) in [6.07, 6.45) is 1.80. The van der Waals surface area contributed by atoms with Gasteiger partial charge in [0.15, 0.2) is 0 Å². The summed E-state index contributed by atoms with van der Waals surface area (Å²) >= 11 is 0. The summed E-state index contributed by atoms with van der Waals surface area (Å²) < 4.78 is 21.5. The predicted molar refractivity (Wildman–Crippen MR) is 56.8 cm³/mol. The molecule has 0 aromatic carbocycles. The van der Waals surface area contributed by atoms with Gasteiger partial charge in [-0.25, -0.2) is 8.42 Å². The first-order valence-corrected chi connectivity index (χ1v) is 6.76. The predicted octanol–water partition coefficient (Wildman–Crippen LogP) is 0.364. The van der Waals surface area contributed by atoms with E-state index in [9.17, 15) is 13.2 Å². The number of ketones is 1. The summed E-state index contributed by atoms with van der Waals surface area (Å²) in [4.78, 5) is 11.4. The van der Waals surface area contributed by atoms with Crippen molar-refractivity contribution < 1.29 is 13.2 Å². The maximum atomic E-state index is 11.4. The third-order valence-electron chi connectivity index (χ3n) is 2.03. The van der Waals surface area contributed by atoms with Gasteiger partial charge in [-0.3, -0.25) is 4.79 Å². The lowest BCUT2D eigenvalue weighted by atomic mass is 9.98. The number of nitrogens with two attached hydrogens (primary N) is 1. The van der Waals surface area contributed by atoms with Crippen LogP contribution >= 0.6 is 0 Å². The zero-order valence-electron chi connectivity index (χ0n) is 8.99. The second-order valence-corrected chi connectivity index (χ2v) is 6.23. The van der Waals surface area contributed by atoms with Gasteiger partial charge in [0.1, 0.15) is 15.6 Å². The lowest BCUT2D eigenvalue weighted by molar-refractivity contribution is -0.121. The number of rotatable bonds is 6. The lowest BCUT2D eigenvalue weighted by Crippen LogP contribution is -2.35. The number of carbonyl (C=O) groups excluding carboxylic acids is 1. The molecule has 0 aliphatic heterocycles. The Morgan fingerprint density at radius 3 is 2.21 bits per heavy atom. The van der Waals surface area contributed by atoms with Crippen molar-refractivity contribution in [1.82, 2.24) is 0 Å². The maximum Gasteiger partial charge on any atom is 0.149 e. The third-order valence-corrected chi connectivity index (χ3v) is 3.06. The molecule has 0 rings (SSSR count). The second-order valence-electron chi connectivity index (χ2n) is 3.97. The van der Waals surface area contributed by atoms with Crippen molar-refractivity contribution in [3.8, 4) is 0 Å². The molecular weight excluding hydrogens is 202 g/mol. The lowest BCUT2D eigenvalue weighted by Gasteiger charge is -2.13. The fraction of sp³-hybridized carbons (Fsp3) is 0.889. The molecule has 0 radical (unpaired) electrons. The molecule has 0 amide bonds. The molecule has 0 heterocycles. The summed E-state index contributed by atoms with van der Waals surface area (Å²) in [5.41, 5.74) is 5.61. The molecule has 1 unspecified atom stereocenters. The van der Waals surface area contributed by atoms with Crippen molar-refractivity contribution in [2.75, 3.05) is 12.0 Å². The van der Waals surface area contributed by atoms with E-state index in [-0.39, 0.29) is 23.9 Å². The number of hydrogen-bond donors (Lipinski definition) is 1. The first kappa shape index (κ1) is 13.6.